The summed E-state index contributed by atoms with van der Waals surface area (Å²) >= 11 is 0. The van der Waals surface area contributed by atoms with E-state index < -0.39 is 40.3 Å². The number of aryl methyl sites for hydroxylation is 1. The van der Waals surface area contributed by atoms with E-state index in [2.05, 4.69) is 11.8 Å². The fourth-order valence-corrected chi connectivity index (χ4v) is 3.24. The average Bonchev–Trinajstić information content (AvgIpc) is 2.71. The highest BCUT2D eigenvalue weighted by Crippen LogP contribution is 2.27. The van der Waals surface area contributed by atoms with Crippen LogP contribution in [0.3, 0.4) is 0 Å². The van der Waals surface area contributed by atoms with Gasteiger partial charge < -0.3 is 0 Å². The zero-order valence-corrected chi connectivity index (χ0v) is 16.0. The van der Waals surface area contributed by atoms with E-state index >= 15 is 0 Å². The van der Waals surface area contributed by atoms with Crippen LogP contribution >= 0.6 is 0 Å². The van der Waals surface area contributed by atoms with Gasteiger partial charge in [0.1, 0.15) is 17.5 Å². The summed E-state index contributed by atoms with van der Waals surface area (Å²) < 4.78 is 83.5. The molecule has 0 nitrogen and oxygen atoms in total. The molecule has 0 fully saturated rings. The highest BCUT2D eigenvalue weighted by atomic mass is 19.2. The van der Waals surface area contributed by atoms with Crippen molar-refractivity contribution in [2.24, 2.45) is 0 Å². The first kappa shape index (κ1) is 20.5. The zero-order valence-electron chi connectivity index (χ0n) is 16.0. The monoisotopic (exact) mass is 426 g/mol. The predicted octanol–water partition coefficient (Wildman–Crippen LogP) is 7.05. The van der Waals surface area contributed by atoms with Crippen molar-refractivity contribution in [2.45, 2.75) is 6.92 Å². The van der Waals surface area contributed by atoms with Gasteiger partial charge >= 0.3 is 0 Å². The molecule has 0 heterocycles. The topological polar surface area (TPSA) is 0 Å². The maximum absolute atomic E-state index is 14.5. The summed E-state index contributed by atoms with van der Waals surface area (Å²) in [5.41, 5.74) is 1.27. The lowest BCUT2D eigenvalue weighted by Gasteiger charge is -2.06. The molecule has 0 amide bonds. The van der Waals surface area contributed by atoms with Crippen LogP contribution in [0.1, 0.15) is 16.7 Å². The van der Waals surface area contributed by atoms with E-state index in [-0.39, 0.29) is 22.1 Å². The quantitative estimate of drug-likeness (QED) is 0.174. The summed E-state index contributed by atoms with van der Waals surface area (Å²) in [4.78, 5) is 0. The fourth-order valence-electron chi connectivity index (χ4n) is 3.24. The van der Waals surface area contributed by atoms with Crippen LogP contribution in [-0.4, -0.2) is 0 Å². The zero-order chi connectivity index (χ0) is 22.3. The van der Waals surface area contributed by atoms with Crippen molar-refractivity contribution in [1.29, 1.82) is 0 Å². The molecule has 0 spiro atoms. The van der Waals surface area contributed by atoms with Gasteiger partial charge in [0.05, 0.1) is 10.9 Å². The molecule has 0 aliphatic heterocycles. The van der Waals surface area contributed by atoms with Crippen molar-refractivity contribution >= 4 is 10.8 Å². The molecule has 6 heteroatoms. The van der Waals surface area contributed by atoms with Gasteiger partial charge in [-0.05, 0) is 59.8 Å². The van der Waals surface area contributed by atoms with Crippen LogP contribution in [-0.2, 0) is 0 Å². The van der Waals surface area contributed by atoms with E-state index in [0.29, 0.717) is 11.6 Å². The Morgan fingerprint density at radius 1 is 0.613 bits per heavy atom. The Balaban J connectivity index is 1.72. The normalized spacial score (nSPS) is 10.8. The van der Waals surface area contributed by atoms with E-state index in [4.69, 9.17) is 0 Å². The summed E-state index contributed by atoms with van der Waals surface area (Å²) in [6.45, 7) is 1.74. The Hall–Kier alpha value is -3.72. The van der Waals surface area contributed by atoms with E-state index in [0.717, 1.165) is 17.7 Å². The molecule has 4 aromatic rings. The third-order valence-corrected chi connectivity index (χ3v) is 4.77. The lowest BCUT2D eigenvalue weighted by molar-refractivity contribution is 0.451. The molecule has 31 heavy (non-hydrogen) atoms. The molecule has 154 valence electrons. The Kier molecular flexibility index (Phi) is 5.20. The van der Waals surface area contributed by atoms with Gasteiger partial charge in [0.15, 0.2) is 17.5 Å². The van der Waals surface area contributed by atoms with Gasteiger partial charge in [0, 0.05) is 11.1 Å². The van der Waals surface area contributed by atoms with Gasteiger partial charge in [-0.1, -0.05) is 30.0 Å². The number of hydrogen-bond donors (Lipinski definition) is 0. The summed E-state index contributed by atoms with van der Waals surface area (Å²) in [5.74, 6) is -2.14. The first-order valence-corrected chi connectivity index (χ1v) is 9.09. The van der Waals surface area contributed by atoms with Crippen LogP contribution in [0.4, 0.5) is 26.3 Å². The van der Waals surface area contributed by atoms with Crippen molar-refractivity contribution < 1.29 is 26.3 Å². The first-order chi connectivity index (χ1) is 14.7. The Labute approximate surface area is 173 Å². The van der Waals surface area contributed by atoms with E-state index in [1.165, 1.54) is 24.3 Å². The van der Waals surface area contributed by atoms with Gasteiger partial charge in [-0.2, -0.15) is 0 Å². The molecule has 0 radical (unpaired) electrons. The number of benzene rings is 4. The Bertz CT molecular complexity index is 1410. The third kappa shape index (κ3) is 3.87. The first-order valence-electron chi connectivity index (χ1n) is 9.09. The maximum Gasteiger partial charge on any atom is 0.195 e. The van der Waals surface area contributed by atoms with Crippen LogP contribution in [0.5, 0.6) is 0 Å². The Morgan fingerprint density at radius 2 is 1.39 bits per heavy atom. The van der Waals surface area contributed by atoms with Gasteiger partial charge in [-0.15, -0.1) is 0 Å². The second-order valence-corrected chi connectivity index (χ2v) is 6.97. The average molecular weight is 426 g/mol. The molecule has 0 unspecified atom stereocenters. The molecule has 0 N–H and O–H groups in total. The molecule has 0 bridgehead atoms. The minimum atomic E-state index is -1.77. The largest absolute Gasteiger partial charge is 0.206 e. The summed E-state index contributed by atoms with van der Waals surface area (Å²) in [5, 5.41) is -0.911. The SMILES string of the molecule is Cc1ccc(-c2ccc(C#Cc3cc(F)c4c(F)c(F)c(F)cc4c3)c(F)c2)c(F)c1. The summed E-state index contributed by atoms with van der Waals surface area (Å²) in [7, 11) is 0. The molecule has 0 saturated heterocycles. The smallest absolute Gasteiger partial charge is 0.195 e. The summed E-state index contributed by atoms with van der Waals surface area (Å²) in [6, 6.07) is 11.2. The molecular formula is C25H12F6. The molecule has 4 aromatic carbocycles. The van der Waals surface area contributed by atoms with Crippen LogP contribution in [0.25, 0.3) is 21.9 Å². The second-order valence-electron chi connectivity index (χ2n) is 6.97. The minimum Gasteiger partial charge on any atom is -0.206 e. The highest BCUT2D eigenvalue weighted by molar-refractivity contribution is 5.85. The van der Waals surface area contributed by atoms with E-state index in [1.807, 2.05) is 0 Å². The molecule has 0 saturated carbocycles. The van der Waals surface area contributed by atoms with Crippen molar-refractivity contribution in [2.75, 3.05) is 0 Å². The van der Waals surface area contributed by atoms with Crippen molar-refractivity contribution in [3.05, 3.63) is 106 Å². The lowest BCUT2D eigenvalue weighted by Crippen LogP contribution is -1.95. The number of rotatable bonds is 1. The molecule has 4 rings (SSSR count). The number of halogens is 6. The van der Waals surface area contributed by atoms with Crippen LogP contribution in [0.2, 0.25) is 0 Å². The van der Waals surface area contributed by atoms with Crippen molar-refractivity contribution in [1.82, 2.24) is 0 Å². The Morgan fingerprint density at radius 3 is 2.10 bits per heavy atom. The third-order valence-electron chi connectivity index (χ3n) is 4.77. The van der Waals surface area contributed by atoms with Crippen molar-refractivity contribution in [3.8, 4) is 23.0 Å². The lowest BCUT2D eigenvalue weighted by atomic mass is 10.0. The molecular weight excluding hydrogens is 414 g/mol. The number of fused-ring (bicyclic) bond motifs is 1. The predicted molar refractivity (Wildman–Crippen MR) is 106 cm³/mol. The standard InChI is InChI=1S/C25H12F6/c1-13-2-7-18(20(27)8-13)16-6-5-15(19(26)11-16)4-3-14-9-17-12-22(29)24(30)25(31)23(17)21(28)10-14/h2,5-12H,1H3. The maximum atomic E-state index is 14.5. The van der Waals surface area contributed by atoms with E-state index in [1.54, 1.807) is 19.1 Å². The molecule has 0 aromatic heterocycles. The number of hydrogen-bond acceptors (Lipinski definition) is 0. The van der Waals surface area contributed by atoms with Gasteiger partial charge in [-0.3, -0.25) is 0 Å². The van der Waals surface area contributed by atoms with Gasteiger partial charge in [0.25, 0.3) is 0 Å². The fraction of sp³-hybridized carbons (Fsp3) is 0.0400. The van der Waals surface area contributed by atoms with Gasteiger partial charge in [-0.25, -0.2) is 26.3 Å². The molecule has 0 aliphatic rings. The molecule has 0 aliphatic carbocycles. The van der Waals surface area contributed by atoms with Crippen LogP contribution in [0.15, 0.2) is 54.6 Å². The minimum absolute atomic E-state index is 0.0171. The van der Waals surface area contributed by atoms with Crippen molar-refractivity contribution in [3.63, 3.8) is 0 Å². The second kappa shape index (κ2) is 7.84. The highest BCUT2D eigenvalue weighted by Gasteiger charge is 2.17. The molecule has 0 atom stereocenters. The van der Waals surface area contributed by atoms with E-state index in [9.17, 15) is 26.3 Å². The van der Waals surface area contributed by atoms with Crippen LogP contribution in [0, 0.1) is 53.7 Å². The van der Waals surface area contributed by atoms with Crippen LogP contribution < -0.4 is 0 Å². The van der Waals surface area contributed by atoms with Gasteiger partial charge in [0.2, 0.25) is 0 Å². The summed E-state index contributed by atoms with van der Waals surface area (Å²) in [6.07, 6.45) is 0.